The summed E-state index contributed by atoms with van der Waals surface area (Å²) in [5.74, 6) is 1.31. The maximum atomic E-state index is 12.6. The highest BCUT2D eigenvalue weighted by Crippen LogP contribution is 2.13. The molecule has 0 saturated carbocycles. The van der Waals surface area contributed by atoms with E-state index in [0.29, 0.717) is 29.9 Å². The molecule has 0 bridgehead atoms. The Morgan fingerprint density at radius 3 is 2.26 bits per heavy atom. The molecular weight excluding hydrogens is 240 g/mol. The Balaban J connectivity index is 2.97. The van der Waals surface area contributed by atoms with E-state index in [0.717, 1.165) is 13.1 Å². The van der Waals surface area contributed by atoms with Gasteiger partial charge in [0.2, 0.25) is 0 Å². The Morgan fingerprint density at radius 2 is 1.84 bits per heavy atom. The molecule has 108 valence electrons. The Labute approximate surface area is 115 Å². The van der Waals surface area contributed by atoms with E-state index in [1.807, 2.05) is 11.8 Å². The lowest BCUT2D eigenvalue weighted by Gasteiger charge is -2.26. The molecule has 0 spiro atoms. The third kappa shape index (κ3) is 4.26. The Hall–Kier alpha value is -1.52. The van der Waals surface area contributed by atoms with Crippen LogP contribution < -0.4 is 5.73 Å². The first-order chi connectivity index (χ1) is 8.85. The zero-order valence-corrected chi connectivity index (χ0v) is 12.7. The molecule has 1 aromatic rings. The van der Waals surface area contributed by atoms with E-state index in [1.54, 1.807) is 10.7 Å². The highest BCUT2D eigenvalue weighted by molar-refractivity contribution is 5.93. The minimum Gasteiger partial charge on any atom is -0.382 e. The average molecular weight is 266 g/mol. The largest absolute Gasteiger partial charge is 0.382 e. The number of hydrogen-bond acceptors (Lipinski definition) is 3. The van der Waals surface area contributed by atoms with Gasteiger partial charge in [0.25, 0.3) is 5.91 Å². The van der Waals surface area contributed by atoms with Crippen LogP contribution in [0.15, 0.2) is 6.07 Å². The predicted octanol–water partition coefficient (Wildman–Crippen LogP) is 2.24. The zero-order valence-electron chi connectivity index (χ0n) is 12.7. The summed E-state index contributed by atoms with van der Waals surface area (Å²) in [7, 11) is 0. The van der Waals surface area contributed by atoms with Gasteiger partial charge in [0.1, 0.15) is 11.5 Å². The van der Waals surface area contributed by atoms with Gasteiger partial charge >= 0.3 is 0 Å². The van der Waals surface area contributed by atoms with Crippen molar-refractivity contribution in [2.45, 2.75) is 41.2 Å². The fourth-order valence-electron chi connectivity index (χ4n) is 2.13. The van der Waals surface area contributed by atoms with E-state index >= 15 is 0 Å². The van der Waals surface area contributed by atoms with Crippen LogP contribution in [0.3, 0.4) is 0 Å². The van der Waals surface area contributed by atoms with Crippen molar-refractivity contribution in [1.82, 2.24) is 14.7 Å². The van der Waals surface area contributed by atoms with Crippen LogP contribution in [0.1, 0.15) is 45.1 Å². The maximum absolute atomic E-state index is 12.6. The van der Waals surface area contributed by atoms with Gasteiger partial charge in [-0.15, -0.1) is 0 Å². The molecule has 2 N–H and O–H groups in total. The monoisotopic (exact) mass is 266 g/mol. The molecule has 5 heteroatoms. The van der Waals surface area contributed by atoms with Crippen LogP contribution in [0, 0.1) is 11.8 Å². The van der Waals surface area contributed by atoms with Crippen LogP contribution >= 0.6 is 0 Å². The number of nitrogens with zero attached hydrogens (tertiary/aromatic N) is 3. The van der Waals surface area contributed by atoms with Crippen LogP contribution in [0.2, 0.25) is 0 Å². The highest BCUT2D eigenvalue weighted by Gasteiger charge is 2.21. The minimum absolute atomic E-state index is 0.0217. The Morgan fingerprint density at radius 1 is 1.32 bits per heavy atom. The number of carbonyl (C=O) groups is 1. The molecule has 19 heavy (non-hydrogen) atoms. The summed E-state index contributed by atoms with van der Waals surface area (Å²) < 4.78 is 1.67. The number of aromatic nitrogens is 2. The van der Waals surface area contributed by atoms with E-state index in [4.69, 9.17) is 5.73 Å². The van der Waals surface area contributed by atoms with Gasteiger partial charge < -0.3 is 10.6 Å². The number of carbonyl (C=O) groups excluding carboxylic acids is 1. The van der Waals surface area contributed by atoms with Crippen molar-refractivity contribution in [2.24, 2.45) is 11.8 Å². The molecule has 0 aliphatic carbocycles. The second kappa shape index (κ2) is 6.59. The van der Waals surface area contributed by atoms with E-state index in [1.165, 1.54) is 0 Å². The Kier molecular flexibility index (Phi) is 5.39. The molecule has 1 rings (SSSR count). The van der Waals surface area contributed by atoms with Crippen molar-refractivity contribution >= 4 is 11.7 Å². The maximum Gasteiger partial charge on any atom is 0.272 e. The lowest BCUT2D eigenvalue weighted by Crippen LogP contribution is -2.38. The second-order valence-corrected chi connectivity index (χ2v) is 5.77. The molecule has 0 unspecified atom stereocenters. The van der Waals surface area contributed by atoms with Crippen molar-refractivity contribution in [3.63, 3.8) is 0 Å². The summed E-state index contributed by atoms with van der Waals surface area (Å²) >= 11 is 0. The molecule has 0 radical (unpaired) electrons. The van der Waals surface area contributed by atoms with E-state index < -0.39 is 0 Å². The quantitative estimate of drug-likeness (QED) is 0.858. The summed E-state index contributed by atoms with van der Waals surface area (Å²) in [6.07, 6.45) is 0. The second-order valence-electron chi connectivity index (χ2n) is 5.77. The normalized spacial score (nSPS) is 11.3. The first-order valence-electron chi connectivity index (χ1n) is 6.97. The van der Waals surface area contributed by atoms with Crippen molar-refractivity contribution in [2.75, 3.05) is 18.8 Å². The molecule has 1 amide bonds. The van der Waals surface area contributed by atoms with Crippen molar-refractivity contribution in [1.29, 1.82) is 0 Å². The summed E-state index contributed by atoms with van der Waals surface area (Å²) in [5, 5.41) is 4.14. The van der Waals surface area contributed by atoms with Crippen molar-refractivity contribution < 1.29 is 4.79 Å². The number of hydrogen-bond donors (Lipinski definition) is 1. The molecule has 0 saturated heterocycles. The molecule has 5 nitrogen and oxygen atoms in total. The summed E-state index contributed by atoms with van der Waals surface area (Å²) in [5.41, 5.74) is 6.28. The van der Waals surface area contributed by atoms with Gasteiger partial charge in [0.05, 0.1) is 0 Å². The lowest BCUT2D eigenvalue weighted by atomic mass is 10.1. The fraction of sp³-hybridized carbons (Fsp3) is 0.714. The topological polar surface area (TPSA) is 64.2 Å². The van der Waals surface area contributed by atoms with Crippen LogP contribution in [0.4, 0.5) is 5.82 Å². The van der Waals surface area contributed by atoms with E-state index in [-0.39, 0.29) is 5.91 Å². The molecule has 0 fully saturated rings. The molecule has 1 aromatic heterocycles. The van der Waals surface area contributed by atoms with Gasteiger partial charge in [-0.3, -0.25) is 9.48 Å². The van der Waals surface area contributed by atoms with E-state index in [9.17, 15) is 4.79 Å². The standard InChI is InChI=1S/C14H26N4O/c1-6-18-12(7-13(15)16-18)14(19)17(8-10(2)3)9-11(4)5/h7,10-11H,6,8-9H2,1-5H3,(H2,15,16). The van der Waals surface area contributed by atoms with Crippen LogP contribution in [0.5, 0.6) is 0 Å². The molecular formula is C14H26N4O. The molecule has 0 aliphatic heterocycles. The average Bonchev–Trinajstić information content (AvgIpc) is 2.67. The van der Waals surface area contributed by atoms with Crippen molar-refractivity contribution in [3.05, 3.63) is 11.8 Å². The molecule has 0 atom stereocenters. The first-order valence-corrected chi connectivity index (χ1v) is 6.97. The number of aryl methyl sites for hydroxylation is 1. The number of anilines is 1. The van der Waals surface area contributed by atoms with Gasteiger partial charge in [0, 0.05) is 25.7 Å². The summed E-state index contributed by atoms with van der Waals surface area (Å²) in [4.78, 5) is 14.5. The third-order valence-corrected chi connectivity index (χ3v) is 2.78. The van der Waals surface area contributed by atoms with Crippen LogP contribution in [-0.4, -0.2) is 33.7 Å². The van der Waals surface area contributed by atoms with Gasteiger partial charge in [-0.25, -0.2) is 0 Å². The predicted molar refractivity (Wildman–Crippen MR) is 77.9 cm³/mol. The van der Waals surface area contributed by atoms with Crippen LogP contribution in [0.25, 0.3) is 0 Å². The summed E-state index contributed by atoms with van der Waals surface area (Å²) in [6, 6.07) is 1.67. The van der Waals surface area contributed by atoms with Crippen molar-refractivity contribution in [3.8, 4) is 0 Å². The Bertz CT molecular complexity index is 413. The van der Waals surface area contributed by atoms with Crippen LogP contribution in [-0.2, 0) is 6.54 Å². The first kappa shape index (κ1) is 15.5. The fourth-order valence-corrected chi connectivity index (χ4v) is 2.13. The lowest BCUT2D eigenvalue weighted by molar-refractivity contribution is 0.0702. The minimum atomic E-state index is 0.0217. The molecule has 1 heterocycles. The smallest absolute Gasteiger partial charge is 0.272 e. The molecule has 0 aromatic carbocycles. The summed E-state index contributed by atoms with van der Waals surface area (Å²) in [6.45, 7) is 12.6. The zero-order chi connectivity index (χ0) is 14.6. The SMILES string of the molecule is CCn1nc(N)cc1C(=O)N(CC(C)C)CC(C)C. The number of nitrogens with two attached hydrogens (primary N) is 1. The highest BCUT2D eigenvalue weighted by atomic mass is 16.2. The van der Waals surface area contributed by atoms with Gasteiger partial charge in [-0.05, 0) is 18.8 Å². The number of amides is 1. The molecule has 0 aliphatic rings. The van der Waals surface area contributed by atoms with Gasteiger partial charge in [0.15, 0.2) is 0 Å². The number of rotatable bonds is 6. The van der Waals surface area contributed by atoms with E-state index in [2.05, 4.69) is 32.8 Å². The number of nitrogen functional groups attached to an aromatic ring is 1. The third-order valence-electron chi connectivity index (χ3n) is 2.78. The van der Waals surface area contributed by atoms with Gasteiger partial charge in [-0.1, -0.05) is 27.7 Å². The van der Waals surface area contributed by atoms with Gasteiger partial charge in [-0.2, -0.15) is 5.10 Å².